The van der Waals surface area contributed by atoms with Gasteiger partial charge in [0.2, 0.25) is 5.91 Å². The monoisotopic (exact) mass is 398 g/mol. The molecule has 1 fully saturated rings. The third-order valence-electron chi connectivity index (χ3n) is 4.47. The first-order valence-corrected chi connectivity index (χ1v) is 9.59. The third kappa shape index (κ3) is 5.54. The van der Waals surface area contributed by atoms with Crippen molar-refractivity contribution < 1.29 is 22.7 Å². The summed E-state index contributed by atoms with van der Waals surface area (Å²) in [5.41, 5.74) is -0.390. The Morgan fingerprint density at radius 2 is 2.00 bits per heavy atom. The van der Waals surface area contributed by atoms with Crippen LogP contribution in [0.25, 0.3) is 0 Å². The van der Waals surface area contributed by atoms with Gasteiger partial charge in [0.15, 0.2) is 0 Å². The van der Waals surface area contributed by atoms with Crippen molar-refractivity contribution in [2.24, 2.45) is 0 Å². The second kappa shape index (κ2) is 8.86. The molecular formula is C19H21F3N2O2S. The number of nitrogens with one attached hydrogen (secondary N) is 1. The molecule has 0 saturated carbocycles. The Balaban J connectivity index is 1.61. The minimum Gasteiger partial charge on any atom is -0.379 e. The van der Waals surface area contributed by atoms with Crippen molar-refractivity contribution in [3.63, 3.8) is 0 Å². The van der Waals surface area contributed by atoms with Gasteiger partial charge in [-0.1, -0.05) is 24.3 Å². The summed E-state index contributed by atoms with van der Waals surface area (Å²) < 4.78 is 43.8. The highest BCUT2D eigenvalue weighted by molar-refractivity contribution is 7.10. The van der Waals surface area contributed by atoms with Gasteiger partial charge in [0.1, 0.15) is 0 Å². The molecule has 1 aliphatic heterocycles. The molecule has 0 unspecified atom stereocenters. The molecule has 1 aliphatic rings. The molecule has 146 valence electrons. The van der Waals surface area contributed by atoms with Crippen LogP contribution in [-0.4, -0.2) is 43.7 Å². The van der Waals surface area contributed by atoms with E-state index < -0.39 is 11.7 Å². The number of thiophene rings is 1. The maximum Gasteiger partial charge on any atom is 0.416 e. The van der Waals surface area contributed by atoms with Crippen LogP contribution < -0.4 is 5.32 Å². The Kier molecular flexibility index (Phi) is 6.51. The SMILES string of the molecule is O=C(Cc1cccc(C(F)(F)F)c1)NC[C@@H](c1cccs1)N1CCOCC1. The minimum atomic E-state index is -4.41. The fourth-order valence-electron chi connectivity index (χ4n) is 3.10. The van der Waals surface area contributed by atoms with Crippen molar-refractivity contribution >= 4 is 17.2 Å². The van der Waals surface area contributed by atoms with Crippen molar-refractivity contribution in [3.8, 4) is 0 Å². The molecule has 0 radical (unpaired) electrons. The first-order valence-electron chi connectivity index (χ1n) is 8.71. The van der Waals surface area contributed by atoms with Crippen molar-refractivity contribution in [1.82, 2.24) is 10.2 Å². The molecule has 27 heavy (non-hydrogen) atoms. The molecule has 1 N–H and O–H groups in total. The van der Waals surface area contributed by atoms with Crippen LogP contribution in [0, 0.1) is 0 Å². The Bertz CT molecular complexity index is 744. The van der Waals surface area contributed by atoms with Gasteiger partial charge >= 0.3 is 6.18 Å². The number of carbonyl (C=O) groups is 1. The van der Waals surface area contributed by atoms with E-state index in [-0.39, 0.29) is 18.4 Å². The van der Waals surface area contributed by atoms with Crippen molar-refractivity contribution in [1.29, 1.82) is 0 Å². The van der Waals surface area contributed by atoms with E-state index in [2.05, 4.69) is 10.2 Å². The van der Waals surface area contributed by atoms with Crippen LogP contribution in [0.5, 0.6) is 0 Å². The van der Waals surface area contributed by atoms with E-state index in [0.717, 1.165) is 30.1 Å². The summed E-state index contributed by atoms with van der Waals surface area (Å²) in [6, 6.07) is 8.94. The van der Waals surface area contributed by atoms with Crippen LogP contribution in [0.4, 0.5) is 13.2 Å². The van der Waals surface area contributed by atoms with Gasteiger partial charge in [-0.3, -0.25) is 9.69 Å². The van der Waals surface area contributed by atoms with Crippen LogP contribution in [0.1, 0.15) is 22.0 Å². The topological polar surface area (TPSA) is 41.6 Å². The van der Waals surface area contributed by atoms with E-state index in [4.69, 9.17) is 4.74 Å². The number of hydrogen-bond acceptors (Lipinski definition) is 4. The van der Waals surface area contributed by atoms with Crippen LogP contribution in [-0.2, 0) is 22.1 Å². The quantitative estimate of drug-likeness (QED) is 0.810. The van der Waals surface area contributed by atoms with Gasteiger partial charge in [-0.25, -0.2) is 0 Å². The number of amides is 1. The summed E-state index contributed by atoms with van der Waals surface area (Å²) in [6.07, 6.45) is -4.49. The molecule has 4 nitrogen and oxygen atoms in total. The summed E-state index contributed by atoms with van der Waals surface area (Å²) in [5.74, 6) is -0.288. The lowest BCUT2D eigenvalue weighted by molar-refractivity contribution is -0.137. The number of hydrogen-bond donors (Lipinski definition) is 1. The van der Waals surface area contributed by atoms with E-state index in [9.17, 15) is 18.0 Å². The lowest BCUT2D eigenvalue weighted by atomic mass is 10.1. The number of alkyl halides is 3. The fraction of sp³-hybridized carbons (Fsp3) is 0.421. The van der Waals surface area contributed by atoms with Gasteiger partial charge in [-0.05, 0) is 23.1 Å². The summed E-state index contributed by atoms with van der Waals surface area (Å²) in [4.78, 5) is 15.7. The van der Waals surface area contributed by atoms with E-state index in [1.165, 1.54) is 12.1 Å². The normalized spacial score (nSPS) is 16.9. The molecule has 1 aromatic heterocycles. The van der Waals surface area contributed by atoms with E-state index in [1.54, 1.807) is 11.3 Å². The molecule has 2 aromatic rings. The minimum absolute atomic E-state index is 0.0411. The smallest absolute Gasteiger partial charge is 0.379 e. The van der Waals surface area contributed by atoms with E-state index in [0.29, 0.717) is 25.3 Å². The first kappa shape index (κ1) is 19.9. The average molecular weight is 398 g/mol. The number of nitrogens with zero attached hydrogens (tertiary/aromatic N) is 1. The molecule has 1 atom stereocenters. The van der Waals surface area contributed by atoms with Crippen molar-refractivity contribution in [2.45, 2.75) is 18.6 Å². The number of rotatable bonds is 6. The number of benzene rings is 1. The van der Waals surface area contributed by atoms with Crippen molar-refractivity contribution in [3.05, 3.63) is 57.8 Å². The van der Waals surface area contributed by atoms with Gasteiger partial charge in [-0.2, -0.15) is 13.2 Å². The second-order valence-corrected chi connectivity index (χ2v) is 7.34. The number of ether oxygens (including phenoxy) is 1. The summed E-state index contributed by atoms with van der Waals surface area (Å²) in [5, 5.41) is 4.87. The molecule has 1 aromatic carbocycles. The van der Waals surface area contributed by atoms with Gasteiger partial charge in [-0.15, -0.1) is 11.3 Å². The van der Waals surface area contributed by atoms with Gasteiger partial charge in [0.25, 0.3) is 0 Å². The summed E-state index contributed by atoms with van der Waals surface area (Å²) in [7, 11) is 0. The largest absolute Gasteiger partial charge is 0.416 e. The molecule has 1 saturated heterocycles. The Hall–Kier alpha value is -1.90. The number of morpholine rings is 1. The second-order valence-electron chi connectivity index (χ2n) is 6.36. The Labute approximate surface area is 159 Å². The maximum absolute atomic E-state index is 12.8. The molecule has 1 amide bonds. The van der Waals surface area contributed by atoms with E-state index >= 15 is 0 Å². The molecular weight excluding hydrogens is 377 g/mol. The van der Waals surface area contributed by atoms with E-state index in [1.807, 2.05) is 17.5 Å². The Morgan fingerprint density at radius 1 is 1.22 bits per heavy atom. The highest BCUT2D eigenvalue weighted by Crippen LogP contribution is 2.29. The molecule has 0 bridgehead atoms. The molecule has 2 heterocycles. The predicted octanol–water partition coefficient (Wildman–Crippen LogP) is 3.50. The van der Waals surface area contributed by atoms with Crippen LogP contribution in [0.2, 0.25) is 0 Å². The zero-order chi connectivity index (χ0) is 19.3. The number of carbonyl (C=O) groups excluding carboxylic acids is 1. The molecule has 3 rings (SSSR count). The predicted molar refractivity (Wildman–Crippen MR) is 97.6 cm³/mol. The maximum atomic E-state index is 12.8. The van der Waals surface area contributed by atoms with Gasteiger partial charge in [0.05, 0.1) is 31.2 Å². The summed E-state index contributed by atoms with van der Waals surface area (Å²) >= 11 is 1.63. The highest BCUT2D eigenvalue weighted by atomic mass is 32.1. The molecule has 0 aliphatic carbocycles. The molecule has 0 spiro atoms. The third-order valence-corrected chi connectivity index (χ3v) is 5.44. The van der Waals surface area contributed by atoms with Gasteiger partial charge in [0, 0.05) is 24.5 Å². The number of halogens is 3. The standard InChI is InChI=1S/C19H21F3N2O2S/c20-19(21,22)15-4-1-3-14(11-15)12-18(25)23-13-16(17-5-2-10-27-17)24-6-8-26-9-7-24/h1-5,10-11,16H,6-9,12-13H2,(H,23,25)/t16-/m0/s1. The highest BCUT2D eigenvalue weighted by Gasteiger charge is 2.30. The zero-order valence-corrected chi connectivity index (χ0v) is 15.5. The first-order chi connectivity index (χ1) is 12.9. The Morgan fingerprint density at radius 3 is 2.67 bits per heavy atom. The summed E-state index contributed by atoms with van der Waals surface area (Å²) in [6.45, 7) is 3.29. The van der Waals surface area contributed by atoms with Crippen LogP contribution in [0.15, 0.2) is 41.8 Å². The van der Waals surface area contributed by atoms with Crippen molar-refractivity contribution in [2.75, 3.05) is 32.8 Å². The van der Waals surface area contributed by atoms with Crippen LogP contribution in [0.3, 0.4) is 0 Å². The zero-order valence-electron chi connectivity index (χ0n) is 14.7. The molecule has 8 heteroatoms. The lowest BCUT2D eigenvalue weighted by Crippen LogP contribution is -2.43. The fourth-order valence-corrected chi connectivity index (χ4v) is 3.96. The van der Waals surface area contributed by atoms with Crippen LogP contribution >= 0.6 is 11.3 Å². The average Bonchev–Trinajstić information content (AvgIpc) is 3.17. The van der Waals surface area contributed by atoms with Gasteiger partial charge < -0.3 is 10.1 Å². The lowest BCUT2D eigenvalue weighted by Gasteiger charge is -2.34.